The summed E-state index contributed by atoms with van der Waals surface area (Å²) in [5.41, 5.74) is -0.397. The Kier molecular flexibility index (Phi) is 4.71. The van der Waals surface area contributed by atoms with Crippen molar-refractivity contribution in [2.24, 2.45) is 0 Å². The smallest absolute Gasteiger partial charge is 0.410 e. The molecule has 110 valence electrons. The van der Waals surface area contributed by atoms with E-state index in [9.17, 15) is 4.79 Å². The quantitative estimate of drug-likeness (QED) is 0.837. The Bertz CT molecular complexity index is 306. The molecular weight excluding hydrogens is 240 g/mol. The molecule has 4 nitrogen and oxygen atoms in total. The van der Waals surface area contributed by atoms with Crippen LogP contribution in [-0.2, 0) is 4.74 Å². The predicted molar refractivity (Wildman–Crippen MR) is 76.2 cm³/mol. The third kappa shape index (κ3) is 4.68. The molecule has 1 saturated carbocycles. The Balaban J connectivity index is 1.74. The van der Waals surface area contributed by atoms with Gasteiger partial charge >= 0.3 is 6.09 Å². The van der Waals surface area contributed by atoms with E-state index in [-0.39, 0.29) is 6.09 Å². The number of ether oxygens (including phenoxy) is 1. The molecule has 19 heavy (non-hydrogen) atoms. The Hall–Kier alpha value is -0.770. The summed E-state index contributed by atoms with van der Waals surface area (Å²) in [4.78, 5) is 13.8. The van der Waals surface area contributed by atoms with Crippen molar-refractivity contribution in [1.29, 1.82) is 0 Å². The molecule has 0 radical (unpaired) electrons. The number of amides is 1. The molecule has 0 aromatic heterocycles. The standard InChI is InChI=1S/C15H28N2O2/c1-15(2,3)19-14(18)17-10-9-13(11-17)16-12-7-5-4-6-8-12/h12-13,16H,4-11H2,1-3H3/t13-/m1/s1. The van der Waals surface area contributed by atoms with Crippen LogP contribution in [0.4, 0.5) is 4.79 Å². The van der Waals surface area contributed by atoms with Crippen LogP contribution < -0.4 is 5.32 Å². The van der Waals surface area contributed by atoms with Crippen molar-refractivity contribution in [2.75, 3.05) is 13.1 Å². The fraction of sp³-hybridized carbons (Fsp3) is 0.933. The van der Waals surface area contributed by atoms with Crippen molar-refractivity contribution >= 4 is 6.09 Å². The summed E-state index contributed by atoms with van der Waals surface area (Å²) in [6, 6.07) is 1.12. The lowest BCUT2D eigenvalue weighted by Gasteiger charge is -2.27. The first-order valence-electron chi connectivity index (χ1n) is 7.68. The monoisotopic (exact) mass is 268 g/mol. The molecule has 0 unspecified atom stereocenters. The maximum Gasteiger partial charge on any atom is 0.410 e. The average molecular weight is 268 g/mol. The minimum absolute atomic E-state index is 0.166. The van der Waals surface area contributed by atoms with Crippen LogP contribution in [0.3, 0.4) is 0 Å². The Morgan fingerprint density at radius 2 is 1.79 bits per heavy atom. The number of nitrogens with one attached hydrogen (secondary N) is 1. The predicted octanol–water partition coefficient (Wildman–Crippen LogP) is 2.92. The summed E-state index contributed by atoms with van der Waals surface area (Å²) in [6.45, 7) is 7.36. The van der Waals surface area contributed by atoms with Gasteiger partial charge < -0.3 is 15.0 Å². The molecule has 2 fully saturated rings. The van der Waals surface area contributed by atoms with Crippen LogP contribution in [0.1, 0.15) is 59.3 Å². The van der Waals surface area contributed by atoms with Crippen LogP contribution in [0.15, 0.2) is 0 Å². The molecule has 1 aliphatic heterocycles. The summed E-state index contributed by atoms with van der Waals surface area (Å²) >= 11 is 0. The van der Waals surface area contributed by atoms with Crippen molar-refractivity contribution < 1.29 is 9.53 Å². The van der Waals surface area contributed by atoms with Gasteiger partial charge in [-0.15, -0.1) is 0 Å². The largest absolute Gasteiger partial charge is 0.444 e. The summed E-state index contributed by atoms with van der Waals surface area (Å²) in [5, 5.41) is 3.72. The molecule has 2 aliphatic rings. The van der Waals surface area contributed by atoms with Gasteiger partial charge in [-0.3, -0.25) is 0 Å². The highest BCUT2D eigenvalue weighted by Crippen LogP contribution is 2.20. The topological polar surface area (TPSA) is 41.6 Å². The number of carbonyl (C=O) groups excluding carboxylic acids is 1. The van der Waals surface area contributed by atoms with Crippen molar-refractivity contribution in [3.8, 4) is 0 Å². The molecule has 0 bridgehead atoms. The van der Waals surface area contributed by atoms with Gasteiger partial charge in [-0.05, 0) is 40.0 Å². The van der Waals surface area contributed by atoms with Gasteiger partial charge in [-0.2, -0.15) is 0 Å². The SMILES string of the molecule is CC(C)(C)OC(=O)N1CC[C@@H](NC2CCCCC2)C1. The van der Waals surface area contributed by atoms with Crippen molar-refractivity contribution in [1.82, 2.24) is 10.2 Å². The van der Waals surface area contributed by atoms with Crippen molar-refractivity contribution in [2.45, 2.75) is 77.0 Å². The lowest BCUT2D eigenvalue weighted by molar-refractivity contribution is 0.0290. The molecule has 0 spiro atoms. The number of hydrogen-bond donors (Lipinski definition) is 1. The third-order valence-electron chi connectivity index (χ3n) is 3.92. The fourth-order valence-electron chi connectivity index (χ4n) is 2.99. The maximum absolute atomic E-state index is 12.0. The van der Waals surface area contributed by atoms with Gasteiger partial charge in [-0.25, -0.2) is 4.79 Å². The number of likely N-dealkylation sites (tertiary alicyclic amines) is 1. The molecule has 1 N–H and O–H groups in total. The van der Waals surface area contributed by atoms with Crippen molar-refractivity contribution in [3.63, 3.8) is 0 Å². The van der Waals surface area contributed by atoms with Crippen LogP contribution >= 0.6 is 0 Å². The van der Waals surface area contributed by atoms with Crippen molar-refractivity contribution in [3.05, 3.63) is 0 Å². The van der Waals surface area contributed by atoms with E-state index in [0.29, 0.717) is 12.1 Å². The lowest BCUT2D eigenvalue weighted by atomic mass is 9.95. The summed E-state index contributed by atoms with van der Waals surface area (Å²) < 4.78 is 5.42. The summed E-state index contributed by atoms with van der Waals surface area (Å²) in [6.07, 6.45) is 7.55. The highest BCUT2D eigenvalue weighted by Gasteiger charge is 2.30. The van der Waals surface area contributed by atoms with Gasteiger partial charge in [0.25, 0.3) is 0 Å². The second-order valence-electron chi connectivity index (χ2n) is 6.91. The van der Waals surface area contributed by atoms with Gasteiger partial charge in [0.15, 0.2) is 0 Å². The third-order valence-corrected chi connectivity index (χ3v) is 3.92. The van der Waals surface area contributed by atoms with Crippen LogP contribution in [0, 0.1) is 0 Å². The van der Waals surface area contributed by atoms with Gasteiger partial charge in [0, 0.05) is 25.2 Å². The normalized spacial score (nSPS) is 25.6. The number of carbonyl (C=O) groups is 1. The number of hydrogen-bond acceptors (Lipinski definition) is 3. The van der Waals surface area contributed by atoms with Crippen LogP contribution in [0.5, 0.6) is 0 Å². The minimum Gasteiger partial charge on any atom is -0.444 e. The van der Waals surface area contributed by atoms with Gasteiger partial charge in [-0.1, -0.05) is 19.3 Å². The average Bonchev–Trinajstić information content (AvgIpc) is 2.77. The first-order valence-corrected chi connectivity index (χ1v) is 7.68. The molecule has 0 aromatic rings. The highest BCUT2D eigenvalue weighted by molar-refractivity contribution is 5.68. The molecular formula is C15H28N2O2. The molecule has 2 rings (SSSR count). The molecule has 1 amide bonds. The van der Waals surface area contributed by atoms with E-state index in [1.807, 2.05) is 25.7 Å². The molecule has 1 heterocycles. The Labute approximate surface area is 116 Å². The zero-order valence-corrected chi connectivity index (χ0v) is 12.6. The lowest BCUT2D eigenvalue weighted by Crippen LogP contribution is -2.42. The van der Waals surface area contributed by atoms with E-state index in [0.717, 1.165) is 19.5 Å². The van der Waals surface area contributed by atoms with E-state index < -0.39 is 5.60 Å². The Morgan fingerprint density at radius 1 is 1.11 bits per heavy atom. The summed E-state index contributed by atoms with van der Waals surface area (Å²) in [7, 11) is 0. The van der Waals surface area contributed by atoms with E-state index >= 15 is 0 Å². The fourth-order valence-corrected chi connectivity index (χ4v) is 2.99. The number of nitrogens with zero attached hydrogens (tertiary/aromatic N) is 1. The zero-order valence-electron chi connectivity index (χ0n) is 12.6. The highest BCUT2D eigenvalue weighted by atomic mass is 16.6. The van der Waals surface area contributed by atoms with E-state index in [1.54, 1.807) is 0 Å². The van der Waals surface area contributed by atoms with Crippen LogP contribution in [0.2, 0.25) is 0 Å². The second kappa shape index (κ2) is 6.12. The molecule has 4 heteroatoms. The van der Waals surface area contributed by atoms with E-state index in [2.05, 4.69) is 5.32 Å². The summed E-state index contributed by atoms with van der Waals surface area (Å²) in [5.74, 6) is 0. The molecule has 1 aliphatic carbocycles. The maximum atomic E-state index is 12.0. The van der Waals surface area contributed by atoms with Gasteiger partial charge in [0.2, 0.25) is 0 Å². The van der Waals surface area contributed by atoms with E-state index in [1.165, 1.54) is 32.1 Å². The molecule has 1 saturated heterocycles. The first kappa shape index (κ1) is 14.6. The molecule has 1 atom stereocenters. The van der Waals surface area contributed by atoms with Gasteiger partial charge in [0.05, 0.1) is 0 Å². The van der Waals surface area contributed by atoms with Crippen LogP contribution in [-0.4, -0.2) is 41.8 Å². The zero-order chi connectivity index (χ0) is 13.9. The molecule has 0 aromatic carbocycles. The first-order chi connectivity index (χ1) is 8.94. The van der Waals surface area contributed by atoms with E-state index in [4.69, 9.17) is 4.74 Å². The second-order valence-corrected chi connectivity index (χ2v) is 6.91. The van der Waals surface area contributed by atoms with Crippen LogP contribution in [0.25, 0.3) is 0 Å². The van der Waals surface area contributed by atoms with Gasteiger partial charge in [0.1, 0.15) is 5.60 Å². The number of rotatable bonds is 2. The Morgan fingerprint density at radius 3 is 2.42 bits per heavy atom. The minimum atomic E-state index is -0.397.